The van der Waals surface area contributed by atoms with Crippen LogP contribution in [0.4, 0.5) is 0 Å². The molecule has 0 radical (unpaired) electrons. The van der Waals surface area contributed by atoms with Gasteiger partial charge in [-0.1, -0.05) is 6.92 Å². The Morgan fingerprint density at radius 2 is 1.81 bits per heavy atom. The molecule has 3 nitrogen and oxygen atoms in total. The van der Waals surface area contributed by atoms with Crippen LogP contribution in [0.25, 0.3) is 0 Å². The van der Waals surface area contributed by atoms with Crippen molar-refractivity contribution < 1.29 is 0 Å². The van der Waals surface area contributed by atoms with Gasteiger partial charge in [-0.25, -0.2) is 0 Å². The zero-order valence-corrected chi connectivity index (χ0v) is 14.2. The van der Waals surface area contributed by atoms with Crippen molar-refractivity contribution in [2.45, 2.75) is 64.5 Å². The predicted molar refractivity (Wildman–Crippen MR) is 89.6 cm³/mol. The van der Waals surface area contributed by atoms with Crippen LogP contribution < -0.4 is 5.32 Å². The molecule has 0 amide bonds. The first-order chi connectivity index (χ1) is 10.3. The molecule has 2 aliphatic heterocycles. The van der Waals surface area contributed by atoms with Crippen molar-refractivity contribution >= 4 is 0 Å². The topological polar surface area (TPSA) is 18.5 Å². The van der Waals surface area contributed by atoms with E-state index in [1.165, 1.54) is 77.8 Å². The van der Waals surface area contributed by atoms with Crippen molar-refractivity contribution in [2.24, 2.45) is 11.8 Å². The standard InChI is InChI=1S/C18H35N3/c1-3-9-20-10-7-17(8-11-20)15(2)19-13-16-6-12-21(14-16)18-4-5-18/h15-19H,3-14H2,1-2H3. The Morgan fingerprint density at radius 3 is 2.48 bits per heavy atom. The number of piperidine rings is 1. The lowest BCUT2D eigenvalue weighted by Crippen LogP contribution is -2.43. The highest BCUT2D eigenvalue weighted by molar-refractivity contribution is 4.90. The monoisotopic (exact) mass is 293 g/mol. The minimum absolute atomic E-state index is 0.712. The van der Waals surface area contributed by atoms with Crippen molar-refractivity contribution in [3.63, 3.8) is 0 Å². The van der Waals surface area contributed by atoms with Crippen LogP contribution in [-0.4, -0.2) is 61.2 Å². The van der Waals surface area contributed by atoms with E-state index in [4.69, 9.17) is 0 Å². The lowest BCUT2D eigenvalue weighted by Gasteiger charge is -2.35. The van der Waals surface area contributed by atoms with Gasteiger partial charge in [0.1, 0.15) is 0 Å². The van der Waals surface area contributed by atoms with Gasteiger partial charge < -0.3 is 15.1 Å². The van der Waals surface area contributed by atoms with Crippen LogP contribution in [0.5, 0.6) is 0 Å². The van der Waals surface area contributed by atoms with Crippen LogP contribution in [0, 0.1) is 11.8 Å². The van der Waals surface area contributed by atoms with Gasteiger partial charge in [-0.05, 0) is 90.0 Å². The Balaban J connectivity index is 1.32. The van der Waals surface area contributed by atoms with E-state index in [-0.39, 0.29) is 0 Å². The lowest BCUT2D eigenvalue weighted by molar-refractivity contribution is 0.161. The van der Waals surface area contributed by atoms with Crippen LogP contribution in [0.15, 0.2) is 0 Å². The van der Waals surface area contributed by atoms with Gasteiger partial charge in [-0.15, -0.1) is 0 Å². The van der Waals surface area contributed by atoms with Crippen LogP contribution in [-0.2, 0) is 0 Å². The van der Waals surface area contributed by atoms with Gasteiger partial charge >= 0.3 is 0 Å². The second-order valence-corrected chi connectivity index (χ2v) is 7.76. The predicted octanol–water partition coefficient (Wildman–Crippen LogP) is 2.57. The van der Waals surface area contributed by atoms with E-state index in [9.17, 15) is 0 Å². The summed E-state index contributed by atoms with van der Waals surface area (Å²) in [5, 5.41) is 3.88. The number of rotatable bonds is 7. The molecule has 3 aliphatic rings. The summed E-state index contributed by atoms with van der Waals surface area (Å²) in [4.78, 5) is 5.38. The highest BCUT2D eigenvalue weighted by Crippen LogP contribution is 2.31. The molecule has 2 saturated heterocycles. The third-order valence-electron chi connectivity index (χ3n) is 5.99. The number of nitrogens with one attached hydrogen (secondary N) is 1. The van der Waals surface area contributed by atoms with Gasteiger partial charge in [0.15, 0.2) is 0 Å². The molecule has 3 heteroatoms. The molecular weight excluding hydrogens is 258 g/mol. The molecule has 2 atom stereocenters. The summed E-state index contributed by atoms with van der Waals surface area (Å²) < 4.78 is 0. The van der Waals surface area contributed by atoms with Gasteiger partial charge in [0.25, 0.3) is 0 Å². The fourth-order valence-corrected chi connectivity index (χ4v) is 4.31. The molecule has 1 aliphatic carbocycles. The van der Waals surface area contributed by atoms with E-state index in [0.29, 0.717) is 6.04 Å². The van der Waals surface area contributed by atoms with E-state index in [2.05, 4.69) is 29.0 Å². The van der Waals surface area contributed by atoms with Crippen molar-refractivity contribution in [2.75, 3.05) is 39.3 Å². The Kier molecular flexibility index (Phi) is 5.58. The van der Waals surface area contributed by atoms with Crippen LogP contribution >= 0.6 is 0 Å². The second-order valence-electron chi connectivity index (χ2n) is 7.76. The molecule has 1 N–H and O–H groups in total. The second kappa shape index (κ2) is 7.43. The minimum atomic E-state index is 0.712. The number of nitrogens with zero attached hydrogens (tertiary/aromatic N) is 2. The van der Waals surface area contributed by atoms with Gasteiger partial charge in [-0.3, -0.25) is 0 Å². The molecule has 0 aromatic carbocycles. The summed E-state index contributed by atoms with van der Waals surface area (Å²) in [6.07, 6.45) is 8.45. The summed E-state index contributed by atoms with van der Waals surface area (Å²) in [5.41, 5.74) is 0. The van der Waals surface area contributed by atoms with E-state index >= 15 is 0 Å². The first-order valence-electron chi connectivity index (χ1n) is 9.46. The molecule has 3 fully saturated rings. The first kappa shape index (κ1) is 15.8. The fourth-order valence-electron chi connectivity index (χ4n) is 4.31. The molecule has 3 rings (SSSR count). The molecule has 0 aromatic heterocycles. The smallest absolute Gasteiger partial charge is 0.00965 e. The van der Waals surface area contributed by atoms with E-state index in [1.54, 1.807) is 0 Å². The van der Waals surface area contributed by atoms with E-state index in [0.717, 1.165) is 17.9 Å². The van der Waals surface area contributed by atoms with Gasteiger partial charge in [0.05, 0.1) is 0 Å². The average molecular weight is 293 g/mol. The molecule has 21 heavy (non-hydrogen) atoms. The summed E-state index contributed by atoms with van der Waals surface area (Å²) in [5.74, 6) is 1.81. The number of hydrogen-bond donors (Lipinski definition) is 1. The lowest BCUT2D eigenvalue weighted by atomic mass is 9.90. The first-order valence-corrected chi connectivity index (χ1v) is 9.46. The molecule has 2 heterocycles. The summed E-state index contributed by atoms with van der Waals surface area (Å²) in [7, 11) is 0. The highest BCUT2D eigenvalue weighted by Gasteiger charge is 2.34. The molecule has 0 aromatic rings. The van der Waals surface area contributed by atoms with Crippen molar-refractivity contribution in [3.05, 3.63) is 0 Å². The van der Waals surface area contributed by atoms with Gasteiger partial charge in [-0.2, -0.15) is 0 Å². The maximum atomic E-state index is 3.88. The summed E-state index contributed by atoms with van der Waals surface area (Å²) in [6, 6.07) is 1.68. The van der Waals surface area contributed by atoms with Crippen molar-refractivity contribution in [3.8, 4) is 0 Å². The normalized spacial score (nSPS) is 30.9. The average Bonchev–Trinajstić information content (AvgIpc) is 3.25. The Morgan fingerprint density at radius 1 is 1.05 bits per heavy atom. The largest absolute Gasteiger partial charge is 0.314 e. The van der Waals surface area contributed by atoms with Crippen LogP contribution in [0.1, 0.15) is 52.4 Å². The van der Waals surface area contributed by atoms with Crippen molar-refractivity contribution in [1.29, 1.82) is 0 Å². The van der Waals surface area contributed by atoms with Crippen LogP contribution in [0.2, 0.25) is 0 Å². The summed E-state index contributed by atoms with van der Waals surface area (Å²) in [6.45, 7) is 12.6. The van der Waals surface area contributed by atoms with E-state index in [1.807, 2.05) is 0 Å². The molecule has 2 unspecified atom stereocenters. The van der Waals surface area contributed by atoms with Crippen LogP contribution in [0.3, 0.4) is 0 Å². The van der Waals surface area contributed by atoms with E-state index < -0.39 is 0 Å². The molecule has 0 spiro atoms. The maximum absolute atomic E-state index is 3.88. The third-order valence-corrected chi connectivity index (χ3v) is 5.99. The summed E-state index contributed by atoms with van der Waals surface area (Å²) >= 11 is 0. The Labute approximate surface area is 131 Å². The maximum Gasteiger partial charge on any atom is 0.00965 e. The zero-order chi connectivity index (χ0) is 14.7. The quantitative estimate of drug-likeness (QED) is 0.778. The van der Waals surface area contributed by atoms with Gasteiger partial charge in [0.2, 0.25) is 0 Å². The minimum Gasteiger partial charge on any atom is -0.314 e. The van der Waals surface area contributed by atoms with Gasteiger partial charge in [0, 0.05) is 18.6 Å². The molecule has 0 bridgehead atoms. The number of likely N-dealkylation sites (tertiary alicyclic amines) is 2. The number of hydrogen-bond acceptors (Lipinski definition) is 3. The molecule has 122 valence electrons. The van der Waals surface area contributed by atoms with Crippen molar-refractivity contribution in [1.82, 2.24) is 15.1 Å². The fraction of sp³-hybridized carbons (Fsp3) is 1.00. The third kappa shape index (κ3) is 4.43. The SMILES string of the molecule is CCCN1CCC(C(C)NCC2CCN(C3CC3)C2)CC1. The Hall–Kier alpha value is -0.120. The highest BCUT2D eigenvalue weighted by atomic mass is 15.2. The molecule has 1 saturated carbocycles. The zero-order valence-electron chi connectivity index (χ0n) is 14.2. The Bertz CT molecular complexity index is 308. The molecular formula is C18H35N3.